The third-order valence-corrected chi connectivity index (χ3v) is 5.49. The molecule has 20 heavy (non-hydrogen) atoms. The summed E-state index contributed by atoms with van der Waals surface area (Å²) in [6.45, 7) is 8.30. The summed E-state index contributed by atoms with van der Waals surface area (Å²) in [7, 11) is 0. The van der Waals surface area contributed by atoms with Crippen LogP contribution in [0.1, 0.15) is 42.6 Å². The Balaban J connectivity index is 2.19. The third-order valence-electron chi connectivity index (χ3n) is 3.24. The second-order valence-electron chi connectivity index (χ2n) is 4.81. The van der Waals surface area contributed by atoms with Crippen molar-refractivity contribution in [3.8, 4) is 0 Å². The van der Waals surface area contributed by atoms with Crippen molar-refractivity contribution in [1.29, 1.82) is 0 Å². The smallest absolute Gasteiger partial charge is 0.138 e. The Morgan fingerprint density at radius 1 is 1.45 bits per heavy atom. The van der Waals surface area contributed by atoms with Gasteiger partial charge in [0.1, 0.15) is 12.2 Å². The van der Waals surface area contributed by atoms with E-state index >= 15 is 0 Å². The highest BCUT2D eigenvalue weighted by Gasteiger charge is 2.18. The van der Waals surface area contributed by atoms with Crippen molar-refractivity contribution in [2.45, 2.75) is 46.2 Å². The van der Waals surface area contributed by atoms with E-state index in [4.69, 9.17) is 0 Å². The molecule has 1 N–H and O–H groups in total. The maximum atomic E-state index is 4.39. The predicted molar refractivity (Wildman–Crippen MR) is 87.2 cm³/mol. The molecular formula is C14H21BrN4S. The lowest BCUT2D eigenvalue weighted by atomic mass is 10.1. The molecule has 1 unspecified atom stereocenters. The van der Waals surface area contributed by atoms with E-state index in [0.29, 0.717) is 6.04 Å². The number of hydrogen-bond donors (Lipinski definition) is 1. The number of hydrogen-bond acceptors (Lipinski definition) is 4. The molecule has 2 aromatic heterocycles. The van der Waals surface area contributed by atoms with E-state index in [9.17, 15) is 0 Å². The second-order valence-corrected chi connectivity index (χ2v) is 7.21. The maximum Gasteiger partial charge on any atom is 0.138 e. The van der Waals surface area contributed by atoms with Crippen molar-refractivity contribution in [3.63, 3.8) is 0 Å². The van der Waals surface area contributed by atoms with Crippen molar-refractivity contribution in [2.75, 3.05) is 6.54 Å². The van der Waals surface area contributed by atoms with Gasteiger partial charge in [0.05, 0.1) is 3.79 Å². The Bertz CT molecular complexity index is 530. The van der Waals surface area contributed by atoms with Crippen molar-refractivity contribution in [3.05, 3.63) is 32.4 Å². The normalized spacial score (nSPS) is 12.8. The van der Waals surface area contributed by atoms with Crippen LogP contribution in [0.4, 0.5) is 0 Å². The molecule has 1 atom stereocenters. The highest BCUT2D eigenvalue weighted by Crippen LogP contribution is 2.32. The molecule has 110 valence electrons. The van der Waals surface area contributed by atoms with Gasteiger partial charge in [0, 0.05) is 23.9 Å². The summed E-state index contributed by atoms with van der Waals surface area (Å²) in [5, 5.41) is 7.88. The summed E-state index contributed by atoms with van der Waals surface area (Å²) in [6.07, 6.45) is 3.65. The van der Waals surface area contributed by atoms with Gasteiger partial charge >= 0.3 is 0 Å². The van der Waals surface area contributed by atoms with Crippen molar-refractivity contribution >= 4 is 27.3 Å². The van der Waals surface area contributed by atoms with Gasteiger partial charge in [-0.05, 0) is 54.4 Å². The standard InChI is InChI=1S/C14H21BrN4S/c1-4-6-16-11(12-7-10(3)14(15)20-12)8-13-17-9-18-19(13)5-2/h7,9,11,16H,4-6,8H2,1-3H3. The Hall–Kier alpha value is -0.720. The van der Waals surface area contributed by atoms with E-state index in [2.05, 4.69) is 58.2 Å². The molecule has 0 saturated carbocycles. The van der Waals surface area contributed by atoms with Gasteiger partial charge in [-0.15, -0.1) is 11.3 Å². The van der Waals surface area contributed by atoms with Crippen LogP contribution in [0.3, 0.4) is 0 Å². The van der Waals surface area contributed by atoms with E-state index in [1.165, 1.54) is 14.2 Å². The molecule has 0 saturated heterocycles. The largest absolute Gasteiger partial charge is 0.309 e. The van der Waals surface area contributed by atoms with E-state index < -0.39 is 0 Å². The van der Waals surface area contributed by atoms with Crippen molar-refractivity contribution in [2.24, 2.45) is 0 Å². The molecule has 0 fully saturated rings. The Kier molecular flexibility index (Phi) is 5.74. The molecule has 6 heteroatoms. The first-order valence-electron chi connectivity index (χ1n) is 7.01. The average molecular weight is 357 g/mol. The van der Waals surface area contributed by atoms with E-state index in [0.717, 1.165) is 31.8 Å². The molecule has 0 aromatic carbocycles. The lowest BCUT2D eigenvalue weighted by Gasteiger charge is -2.17. The number of thiophene rings is 1. The quantitative estimate of drug-likeness (QED) is 0.821. The lowest BCUT2D eigenvalue weighted by Crippen LogP contribution is -2.24. The fourth-order valence-corrected chi connectivity index (χ4v) is 3.79. The maximum absolute atomic E-state index is 4.39. The van der Waals surface area contributed by atoms with Crippen molar-refractivity contribution in [1.82, 2.24) is 20.1 Å². The second kappa shape index (κ2) is 7.33. The van der Waals surface area contributed by atoms with Crippen LogP contribution in [0.25, 0.3) is 0 Å². The molecule has 0 radical (unpaired) electrons. The summed E-state index contributed by atoms with van der Waals surface area (Å²) in [4.78, 5) is 5.75. The van der Waals surface area contributed by atoms with Gasteiger partial charge < -0.3 is 5.32 Å². The zero-order valence-corrected chi connectivity index (χ0v) is 14.6. The van der Waals surface area contributed by atoms with Crippen LogP contribution in [0.5, 0.6) is 0 Å². The highest BCUT2D eigenvalue weighted by molar-refractivity contribution is 9.11. The zero-order valence-electron chi connectivity index (χ0n) is 12.2. The number of aryl methyl sites for hydroxylation is 2. The van der Waals surface area contributed by atoms with E-state index in [-0.39, 0.29) is 0 Å². The minimum Gasteiger partial charge on any atom is -0.309 e. The molecule has 0 aliphatic heterocycles. The van der Waals surface area contributed by atoms with Crippen LogP contribution in [0.2, 0.25) is 0 Å². The Morgan fingerprint density at radius 3 is 2.85 bits per heavy atom. The fraction of sp³-hybridized carbons (Fsp3) is 0.571. The average Bonchev–Trinajstić information content (AvgIpc) is 3.01. The first-order chi connectivity index (χ1) is 9.65. The summed E-state index contributed by atoms with van der Waals surface area (Å²) >= 11 is 5.42. The van der Waals surface area contributed by atoms with Gasteiger partial charge in [0.2, 0.25) is 0 Å². The summed E-state index contributed by atoms with van der Waals surface area (Å²) in [5.41, 5.74) is 1.30. The first kappa shape index (κ1) is 15.7. The number of halogens is 1. The summed E-state index contributed by atoms with van der Waals surface area (Å²) in [6, 6.07) is 2.56. The van der Waals surface area contributed by atoms with Crippen LogP contribution in [0, 0.1) is 6.92 Å². The zero-order chi connectivity index (χ0) is 14.5. The van der Waals surface area contributed by atoms with Gasteiger partial charge in [0.15, 0.2) is 0 Å². The molecule has 4 nitrogen and oxygen atoms in total. The monoisotopic (exact) mass is 356 g/mol. The summed E-state index contributed by atoms with van der Waals surface area (Å²) < 4.78 is 3.18. The van der Waals surface area contributed by atoms with E-state index in [1.54, 1.807) is 17.7 Å². The van der Waals surface area contributed by atoms with Crippen LogP contribution >= 0.6 is 27.3 Å². The molecule has 0 spiro atoms. The predicted octanol–water partition coefficient (Wildman–Crippen LogP) is 3.71. The van der Waals surface area contributed by atoms with Gasteiger partial charge in [0.25, 0.3) is 0 Å². The van der Waals surface area contributed by atoms with Gasteiger partial charge in [-0.3, -0.25) is 4.68 Å². The van der Waals surface area contributed by atoms with Crippen LogP contribution in [-0.2, 0) is 13.0 Å². The molecule has 0 aliphatic rings. The van der Waals surface area contributed by atoms with Crippen LogP contribution in [0.15, 0.2) is 16.2 Å². The molecule has 0 aliphatic carbocycles. The minimum absolute atomic E-state index is 0.305. The molecular weight excluding hydrogens is 336 g/mol. The molecule has 2 heterocycles. The number of aromatic nitrogens is 3. The van der Waals surface area contributed by atoms with Crippen molar-refractivity contribution < 1.29 is 0 Å². The number of nitrogens with zero attached hydrogens (tertiary/aromatic N) is 3. The molecule has 0 bridgehead atoms. The topological polar surface area (TPSA) is 42.7 Å². The molecule has 2 rings (SSSR count). The van der Waals surface area contributed by atoms with Crippen LogP contribution in [-0.4, -0.2) is 21.3 Å². The van der Waals surface area contributed by atoms with Gasteiger partial charge in [-0.25, -0.2) is 4.98 Å². The fourth-order valence-electron chi connectivity index (χ4n) is 2.14. The molecule has 0 amide bonds. The third kappa shape index (κ3) is 3.68. The van der Waals surface area contributed by atoms with Gasteiger partial charge in [-0.2, -0.15) is 5.10 Å². The SMILES string of the molecule is CCCNC(Cc1ncnn1CC)c1cc(C)c(Br)s1. The van der Waals surface area contributed by atoms with Gasteiger partial charge in [-0.1, -0.05) is 6.92 Å². The van der Waals surface area contributed by atoms with E-state index in [1.807, 2.05) is 4.68 Å². The first-order valence-corrected chi connectivity index (χ1v) is 8.62. The lowest BCUT2D eigenvalue weighted by molar-refractivity contribution is 0.502. The number of nitrogens with one attached hydrogen (secondary N) is 1. The van der Waals surface area contributed by atoms with Crippen LogP contribution < -0.4 is 5.32 Å². The summed E-state index contributed by atoms with van der Waals surface area (Å²) in [5.74, 6) is 1.04. The Morgan fingerprint density at radius 2 is 2.25 bits per heavy atom. The molecule has 2 aromatic rings. The highest BCUT2D eigenvalue weighted by atomic mass is 79.9. The Labute approximate surface area is 132 Å². The number of rotatable bonds is 7. The minimum atomic E-state index is 0.305.